The first-order valence-electron chi connectivity index (χ1n) is 22.2. The van der Waals surface area contributed by atoms with Gasteiger partial charge in [-0.25, -0.2) is 0 Å². The van der Waals surface area contributed by atoms with E-state index in [1.165, 1.54) is 48.5 Å². The van der Waals surface area contributed by atoms with Crippen molar-refractivity contribution < 1.29 is 96.7 Å². The number of carbonyl (C=O) groups is 8. The van der Waals surface area contributed by atoms with Gasteiger partial charge in [0.1, 0.15) is 23.0 Å². The summed E-state index contributed by atoms with van der Waals surface area (Å²) in [6, 6.07) is 11.9. The highest BCUT2D eigenvalue weighted by molar-refractivity contribution is 5.97. The molecule has 4 N–H and O–H groups in total. The molecule has 8 bridgehead atoms. The van der Waals surface area contributed by atoms with Crippen molar-refractivity contribution in [3.8, 4) is 23.0 Å². The molecule has 4 aromatic carbocycles. The molecule has 72 heavy (non-hydrogen) atoms. The van der Waals surface area contributed by atoms with E-state index < -0.39 is 71.4 Å². The van der Waals surface area contributed by atoms with Crippen molar-refractivity contribution in [2.75, 3.05) is 56.9 Å². The Morgan fingerprint density at radius 1 is 0.306 bits per heavy atom. The molecule has 0 fully saturated rings. The summed E-state index contributed by atoms with van der Waals surface area (Å²) in [6.45, 7) is 0. The van der Waals surface area contributed by atoms with Gasteiger partial charge in [0.15, 0.2) is 23.7 Å². The van der Waals surface area contributed by atoms with Crippen LogP contribution >= 0.6 is 0 Å². The van der Waals surface area contributed by atoms with E-state index >= 15 is 0 Å². The Morgan fingerprint density at radius 2 is 0.431 bits per heavy atom. The highest BCUT2D eigenvalue weighted by Crippen LogP contribution is 2.40. The molecular formula is C52H56O20. The molecule has 0 saturated carbocycles. The van der Waals surface area contributed by atoms with Crippen LogP contribution in [0, 0.1) is 23.7 Å². The van der Waals surface area contributed by atoms with Gasteiger partial charge in [0.25, 0.3) is 0 Å². The summed E-state index contributed by atoms with van der Waals surface area (Å²) in [7, 11) is 8.74. The van der Waals surface area contributed by atoms with Gasteiger partial charge in [-0.2, -0.15) is 0 Å². The molecular weight excluding hydrogens is 945 g/mol. The van der Waals surface area contributed by atoms with Crippen molar-refractivity contribution in [1.29, 1.82) is 0 Å². The zero-order valence-electron chi connectivity index (χ0n) is 40.9. The predicted octanol–water partition coefficient (Wildman–Crippen LogP) is 3.20. The van der Waals surface area contributed by atoms with Crippen LogP contribution in [0.15, 0.2) is 48.5 Å². The number of esters is 8. The van der Waals surface area contributed by atoms with Crippen LogP contribution in [0.2, 0.25) is 0 Å². The smallest absolute Gasteiger partial charge is 0.320 e. The summed E-state index contributed by atoms with van der Waals surface area (Å²) in [5, 5.41) is 48.8. The van der Waals surface area contributed by atoms with Gasteiger partial charge < -0.3 is 58.3 Å². The lowest BCUT2D eigenvalue weighted by Crippen LogP contribution is -2.28. The molecule has 5 rings (SSSR count). The standard InChI is InChI=1S/C52H56O20/c1-65-45(57)37(46(58)66-2)17-25-9-29-21-31-11-26(18-38(47(59)67-3)48(60)68-4)13-33(42(31)54)23-35-15-28(20-40(51(63)71-7)52(64)72-8)16-36(44(35)56)24-34-14-27(19-39(49(61)69-5)50(62)70-6)12-32(43(34)55)22-30(10-25)41(29)53/h9-16,37-40,53-56H,17-24H2,1-8H3. The van der Waals surface area contributed by atoms with Crippen molar-refractivity contribution >= 4 is 47.8 Å². The zero-order valence-corrected chi connectivity index (χ0v) is 40.9. The number of hydrogen-bond acceptors (Lipinski definition) is 20. The average molecular weight is 1000 g/mol. The lowest BCUT2D eigenvalue weighted by Gasteiger charge is -2.22. The minimum atomic E-state index is -1.47. The Labute approximate surface area is 413 Å². The lowest BCUT2D eigenvalue weighted by molar-refractivity contribution is -0.160. The largest absolute Gasteiger partial charge is 0.507 e. The molecule has 0 radical (unpaired) electrons. The van der Waals surface area contributed by atoms with Gasteiger partial charge in [0.05, 0.1) is 56.9 Å². The maximum Gasteiger partial charge on any atom is 0.320 e. The van der Waals surface area contributed by atoms with E-state index in [2.05, 4.69) is 0 Å². The second kappa shape index (κ2) is 24.1. The van der Waals surface area contributed by atoms with Crippen molar-refractivity contribution in [2.45, 2.75) is 51.4 Å². The van der Waals surface area contributed by atoms with Gasteiger partial charge in [-0.1, -0.05) is 48.5 Å². The van der Waals surface area contributed by atoms with Crippen molar-refractivity contribution in [3.63, 3.8) is 0 Å². The third-order valence-corrected chi connectivity index (χ3v) is 12.5. The number of carbonyl (C=O) groups excluding carboxylic acids is 8. The summed E-state index contributed by atoms with van der Waals surface area (Å²) < 4.78 is 39.3. The quantitative estimate of drug-likeness (QED) is 0.0627. The molecule has 20 heteroatoms. The number of aromatic hydroxyl groups is 4. The number of phenolic OH excluding ortho intramolecular Hbond substituents is 4. The number of hydrogen-bond donors (Lipinski definition) is 4. The van der Waals surface area contributed by atoms with E-state index in [0.717, 1.165) is 56.9 Å². The Bertz CT molecular complexity index is 2240. The summed E-state index contributed by atoms with van der Waals surface area (Å²) in [5.74, 6) is -14.7. The van der Waals surface area contributed by atoms with Crippen LogP contribution in [0.25, 0.3) is 0 Å². The Kier molecular flexibility index (Phi) is 18.3. The first-order chi connectivity index (χ1) is 34.2. The Hall–Kier alpha value is -8.16. The maximum absolute atomic E-state index is 13.0. The van der Waals surface area contributed by atoms with E-state index in [-0.39, 0.29) is 119 Å². The number of methoxy groups -OCH3 is 8. The number of rotatable bonds is 16. The van der Waals surface area contributed by atoms with Gasteiger partial charge in [-0.3, -0.25) is 38.4 Å². The third-order valence-electron chi connectivity index (χ3n) is 12.5. The minimum absolute atomic E-state index is 0.120. The molecule has 1 aliphatic carbocycles. The number of benzene rings is 4. The van der Waals surface area contributed by atoms with Crippen LogP contribution in [0.3, 0.4) is 0 Å². The lowest BCUT2D eigenvalue weighted by atomic mass is 9.85. The first-order valence-corrected chi connectivity index (χ1v) is 22.2. The molecule has 1 aliphatic rings. The van der Waals surface area contributed by atoms with E-state index in [1.807, 2.05) is 0 Å². The predicted molar refractivity (Wildman–Crippen MR) is 249 cm³/mol. The van der Waals surface area contributed by atoms with Gasteiger partial charge in [0.2, 0.25) is 0 Å². The van der Waals surface area contributed by atoms with E-state index in [1.54, 1.807) is 0 Å². The van der Waals surface area contributed by atoms with Crippen LogP contribution in [0.1, 0.15) is 66.8 Å². The maximum atomic E-state index is 13.0. The fourth-order valence-corrected chi connectivity index (χ4v) is 8.83. The Balaban J connectivity index is 1.89. The minimum Gasteiger partial charge on any atom is -0.507 e. The molecule has 0 aliphatic heterocycles. The molecule has 0 heterocycles. The van der Waals surface area contributed by atoms with E-state index in [4.69, 9.17) is 37.9 Å². The van der Waals surface area contributed by atoms with Gasteiger partial charge in [-0.15, -0.1) is 0 Å². The highest BCUT2D eigenvalue weighted by atomic mass is 16.6. The summed E-state index contributed by atoms with van der Waals surface area (Å²) in [5.41, 5.74) is 2.14. The van der Waals surface area contributed by atoms with Crippen LogP contribution in [-0.4, -0.2) is 125 Å². The van der Waals surface area contributed by atoms with E-state index in [9.17, 15) is 58.8 Å². The van der Waals surface area contributed by atoms with Crippen molar-refractivity contribution in [3.05, 3.63) is 115 Å². The molecule has 4 aromatic rings. The van der Waals surface area contributed by atoms with Crippen molar-refractivity contribution in [2.24, 2.45) is 23.7 Å². The molecule has 20 nitrogen and oxygen atoms in total. The summed E-state index contributed by atoms with van der Waals surface area (Å²) in [4.78, 5) is 104. The SMILES string of the molecule is COC(=O)C(Cc1cc2c(O)c(c1)Cc1cc(CC(C(=O)OC)C(=O)OC)cc(c1O)Cc1cc(CC(C(=O)OC)C(=O)OC)cc(c1O)Cc1cc(CC(C(=O)OC)C(=O)OC)cc(c1O)C2)C(=O)OC. The van der Waals surface area contributed by atoms with Gasteiger partial charge in [-0.05, 0) is 92.4 Å². The molecule has 0 unspecified atom stereocenters. The highest BCUT2D eigenvalue weighted by Gasteiger charge is 2.34. The number of ether oxygens (including phenoxy) is 8. The van der Waals surface area contributed by atoms with Crippen molar-refractivity contribution in [1.82, 2.24) is 0 Å². The van der Waals surface area contributed by atoms with Gasteiger partial charge >= 0.3 is 47.8 Å². The molecule has 384 valence electrons. The second-order valence-corrected chi connectivity index (χ2v) is 17.0. The summed E-state index contributed by atoms with van der Waals surface area (Å²) >= 11 is 0. The monoisotopic (exact) mass is 1000 g/mol. The van der Waals surface area contributed by atoms with Crippen LogP contribution < -0.4 is 0 Å². The zero-order chi connectivity index (χ0) is 53.1. The molecule has 0 aromatic heterocycles. The molecule has 0 atom stereocenters. The normalized spacial score (nSPS) is 11.9. The van der Waals surface area contributed by atoms with Crippen LogP contribution in [-0.2, 0) is 128 Å². The number of phenols is 4. The Morgan fingerprint density at radius 3 is 0.542 bits per heavy atom. The fourth-order valence-electron chi connectivity index (χ4n) is 8.83. The first kappa shape index (κ1) is 54.8. The molecule has 0 spiro atoms. The number of fused-ring (bicyclic) bond motifs is 8. The molecule has 0 amide bonds. The average Bonchev–Trinajstić information content (AvgIpc) is 3.38. The second-order valence-electron chi connectivity index (χ2n) is 17.0. The molecule has 0 saturated heterocycles. The summed E-state index contributed by atoms with van der Waals surface area (Å²) in [6.07, 6.45) is -2.42. The fraction of sp³-hybridized carbons (Fsp3) is 0.385. The van der Waals surface area contributed by atoms with Gasteiger partial charge in [0, 0.05) is 25.7 Å². The van der Waals surface area contributed by atoms with Crippen LogP contribution in [0.5, 0.6) is 23.0 Å². The van der Waals surface area contributed by atoms with E-state index in [0.29, 0.717) is 22.3 Å². The van der Waals surface area contributed by atoms with Crippen LogP contribution in [0.4, 0.5) is 0 Å². The third kappa shape index (κ3) is 12.4. The topological polar surface area (TPSA) is 291 Å².